The van der Waals surface area contributed by atoms with Gasteiger partial charge in [0.25, 0.3) is 0 Å². The van der Waals surface area contributed by atoms with Gasteiger partial charge in [-0.25, -0.2) is 0 Å². The molecule has 0 aliphatic heterocycles. The Kier molecular flexibility index (Phi) is 4.27. The second-order valence-corrected chi connectivity index (χ2v) is 6.69. The van der Waals surface area contributed by atoms with Gasteiger partial charge in [-0.15, -0.1) is 12.3 Å². The molecule has 3 nitrogen and oxygen atoms in total. The highest BCUT2D eigenvalue weighted by atomic mass is 16.3. The predicted octanol–water partition coefficient (Wildman–Crippen LogP) is 4.59. The minimum absolute atomic E-state index is 0.168. The summed E-state index contributed by atoms with van der Waals surface area (Å²) in [6, 6.07) is 22.0. The van der Waals surface area contributed by atoms with E-state index < -0.39 is 5.60 Å². The highest BCUT2D eigenvalue weighted by Gasteiger charge is 2.36. The molecule has 4 aromatic rings. The summed E-state index contributed by atoms with van der Waals surface area (Å²) in [5, 5.41) is 12.9. The first kappa shape index (κ1) is 17.1. The minimum Gasteiger partial charge on any atom is -0.378 e. The Morgan fingerprint density at radius 1 is 1.07 bits per heavy atom. The molecular formula is C24H20N2O. The van der Waals surface area contributed by atoms with E-state index in [1.165, 1.54) is 0 Å². The zero-order chi connectivity index (χ0) is 18.9. The average Bonchev–Trinajstić information content (AvgIpc) is 3.09. The molecular weight excluding hydrogens is 332 g/mol. The first-order valence-corrected chi connectivity index (χ1v) is 8.88. The van der Waals surface area contributed by atoms with Crippen molar-refractivity contribution in [1.82, 2.24) is 9.55 Å². The minimum atomic E-state index is -1.32. The van der Waals surface area contributed by atoms with Crippen LogP contribution in [0.15, 0.2) is 79.1 Å². The van der Waals surface area contributed by atoms with Crippen LogP contribution >= 0.6 is 0 Å². The van der Waals surface area contributed by atoms with E-state index in [2.05, 4.69) is 21.5 Å². The molecule has 0 radical (unpaired) electrons. The van der Waals surface area contributed by atoms with E-state index in [1.807, 2.05) is 67.6 Å². The van der Waals surface area contributed by atoms with Gasteiger partial charge in [0.05, 0.1) is 11.2 Å². The maximum absolute atomic E-state index is 11.9. The molecule has 4 rings (SSSR count). The van der Waals surface area contributed by atoms with Crippen molar-refractivity contribution in [2.75, 3.05) is 0 Å². The van der Waals surface area contributed by atoms with Crippen molar-refractivity contribution in [1.29, 1.82) is 0 Å². The molecule has 2 aromatic carbocycles. The number of pyridine rings is 1. The van der Waals surface area contributed by atoms with Crippen LogP contribution in [-0.2, 0) is 5.60 Å². The summed E-state index contributed by atoms with van der Waals surface area (Å²) in [5.41, 5.74) is 3.12. The smallest absolute Gasteiger partial charge is 0.141 e. The van der Waals surface area contributed by atoms with Gasteiger partial charge in [0.2, 0.25) is 0 Å². The molecule has 0 spiro atoms. The number of benzene rings is 2. The van der Waals surface area contributed by atoms with Gasteiger partial charge < -0.3 is 9.67 Å². The van der Waals surface area contributed by atoms with Gasteiger partial charge in [0, 0.05) is 29.9 Å². The van der Waals surface area contributed by atoms with Crippen LogP contribution in [0.1, 0.15) is 23.2 Å². The molecule has 132 valence electrons. The predicted molar refractivity (Wildman–Crippen MR) is 109 cm³/mol. The fourth-order valence-corrected chi connectivity index (χ4v) is 3.72. The highest BCUT2D eigenvalue weighted by molar-refractivity contribution is 5.84. The third kappa shape index (κ3) is 2.81. The van der Waals surface area contributed by atoms with E-state index in [-0.39, 0.29) is 6.42 Å². The summed E-state index contributed by atoms with van der Waals surface area (Å²) >= 11 is 0. The Morgan fingerprint density at radius 2 is 1.81 bits per heavy atom. The zero-order valence-electron chi connectivity index (χ0n) is 15.1. The summed E-state index contributed by atoms with van der Waals surface area (Å²) in [6.45, 7) is 1.94. The molecule has 0 amide bonds. The maximum Gasteiger partial charge on any atom is 0.141 e. The van der Waals surface area contributed by atoms with E-state index in [0.717, 1.165) is 33.4 Å². The molecule has 3 heteroatoms. The fraction of sp³-hybridized carbons (Fsp3) is 0.125. The highest BCUT2D eigenvalue weighted by Crippen LogP contribution is 2.39. The molecule has 2 aromatic heterocycles. The zero-order valence-corrected chi connectivity index (χ0v) is 15.1. The van der Waals surface area contributed by atoms with Crippen molar-refractivity contribution in [2.24, 2.45) is 0 Å². The number of terminal acetylenes is 1. The van der Waals surface area contributed by atoms with Crippen molar-refractivity contribution >= 4 is 10.9 Å². The third-order valence-electron chi connectivity index (χ3n) is 4.97. The van der Waals surface area contributed by atoms with E-state index in [4.69, 9.17) is 6.42 Å². The van der Waals surface area contributed by atoms with Crippen LogP contribution in [0.25, 0.3) is 16.6 Å². The summed E-state index contributed by atoms with van der Waals surface area (Å²) in [7, 11) is 0. The molecule has 0 fully saturated rings. The molecule has 0 bridgehead atoms. The van der Waals surface area contributed by atoms with E-state index >= 15 is 0 Å². The topological polar surface area (TPSA) is 38.1 Å². The standard InChI is InChI=1S/C24H20N2O/c1-3-14-24(27,21-13-15-25-17-18(21)2)23-16-19-9-7-8-12-22(19)26(23)20-10-5-4-6-11-20/h1,4-13,15-17,27H,14H2,2H3. The lowest BCUT2D eigenvalue weighted by molar-refractivity contribution is 0.0797. The molecule has 0 aliphatic rings. The Bertz CT molecular complexity index is 1140. The number of fused-ring (bicyclic) bond motifs is 1. The average molecular weight is 352 g/mol. The van der Waals surface area contributed by atoms with Crippen molar-refractivity contribution < 1.29 is 5.11 Å². The second-order valence-electron chi connectivity index (χ2n) is 6.69. The van der Waals surface area contributed by atoms with Crippen LogP contribution in [0.4, 0.5) is 0 Å². The molecule has 1 unspecified atom stereocenters. The molecule has 27 heavy (non-hydrogen) atoms. The van der Waals surface area contributed by atoms with Crippen molar-refractivity contribution in [2.45, 2.75) is 18.9 Å². The number of aliphatic hydroxyl groups is 1. The van der Waals surface area contributed by atoms with Gasteiger partial charge in [-0.3, -0.25) is 4.98 Å². The Hall–Kier alpha value is -3.35. The second kappa shape index (κ2) is 6.75. The summed E-state index contributed by atoms with van der Waals surface area (Å²) < 4.78 is 2.09. The van der Waals surface area contributed by atoms with Crippen molar-refractivity contribution in [3.8, 4) is 18.0 Å². The van der Waals surface area contributed by atoms with Crippen LogP contribution in [-0.4, -0.2) is 14.7 Å². The Morgan fingerprint density at radius 3 is 2.56 bits per heavy atom. The molecule has 2 heterocycles. The first-order chi connectivity index (χ1) is 13.1. The van der Waals surface area contributed by atoms with Gasteiger partial charge in [0.1, 0.15) is 5.60 Å². The lowest BCUT2D eigenvalue weighted by Gasteiger charge is -2.30. The molecule has 0 aliphatic carbocycles. The largest absolute Gasteiger partial charge is 0.378 e. The SMILES string of the molecule is C#CCC(O)(c1ccncc1C)c1cc2ccccc2n1-c1ccccc1. The van der Waals surface area contributed by atoms with Crippen LogP contribution in [0, 0.1) is 19.3 Å². The summed E-state index contributed by atoms with van der Waals surface area (Å²) in [4.78, 5) is 4.17. The third-order valence-corrected chi connectivity index (χ3v) is 4.97. The maximum atomic E-state index is 11.9. The van der Waals surface area contributed by atoms with Crippen LogP contribution in [0.5, 0.6) is 0 Å². The number of nitrogens with zero attached hydrogens (tertiary/aromatic N) is 2. The lowest BCUT2D eigenvalue weighted by Crippen LogP contribution is -2.30. The Balaban J connectivity index is 2.08. The summed E-state index contributed by atoms with van der Waals surface area (Å²) in [6.07, 6.45) is 9.31. The van der Waals surface area contributed by atoms with E-state index in [0.29, 0.717) is 0 Å². The van der Waals surface area contributed by atoms with E-state index in [9.17, 15) is 5.11 Å². The van der Waals surface area contributed by atoms with Crippen molar-refractivity contribution in [3.05, 3.63) is 95.9 Å². The molecule has 1 N–H and O–H groups in total. The van der Waals surface area contributed by atoms with Gasteiger partial charge in [-0.05, 0) is 48.4 Å². The number of aryl methyl sites for hydroxylation is 1. The monoisotopic (exact) mass is 352 g/mol. The number of aromatic nitrogens is 2. The van der Waals surface area contributed by atoms with Crippen LogP contribution in [0.3, 0.4) is 0 Å². The first-order valence-electron chi connectivity index (χ1n) is 8.88. The normalized spacial score (nSPS) is 13.2. The number of hydrogen-bond donors (Lipinski definition) is 1. The molecule has 1 atom stereocenters. The van der Waals surface area contributed by atoms with Gasteiger partial charge >= 0.3 is 0 Å². The van der Waals surface area contributed by atoms with Gasteiger partial charge in [-0.2, -0.15) is 0 Å². The number of para-hydroxylation sites is 2. The number of rotatable bonds is 4. The van der Waals surface area contributed by atoms with Crippen molar-refractivity contribution in [3.63, 3.8) is 0 Å². The van der Waals surface area contributed by atoms with E-state index in [1.54, 1.807) is 12.4 Å². The summed E-state index contributed by atoms with van der Waals surface area (Å²) in [5.74, 6) is 2.67. The molecule has 0 saturated carbocycles. The molecule has 0 saturated heterocycles. The Labute approximate surface area is 158 Å². The van der Waals surface area contributed by atoms with Gasteiger partial charge in [0.15, 0.2) is 0 Å². The van der Waals surface area contributed by atoms with Crippen LogP contribution < -0.4 is 0 Å². The lowest BCUT2D eigenvalue weighted by atomic mass is 9.85. The van der Waals surface area contributed by atoms with Crippen LogP contribution in [0.2, 0.25) is 0 Å². The number of hydrogen-bond acceptors (Lipinski definition) is 2. The quantitative estimate of drug-likeness (QED) is 0.545. The van der Waals surface area contributed by atoms with Gasteiger partial charge in [-0.1, -0.05) is 36.4 Å². The fourth-order valence-electron chi connectivity index (χ4n) is 3.72.